The van der Waals surface area contributed by atoms with Crippen molar-refractivity contribution in [1.82, 2.24) is 15.5 Å². The van der Waals surface area contributed by atoms with Crippen LogP contribution >= 0.6 is 0 Å². The van der Waals surface area contributed by atoms with Crippen LogP contribution in [0.15, 0.2) is 22.7 Å². The Bertz CT molecular complexity index is 704. The molecule has 1 saturated heterocycles. The Kier molecular flexibility index (Phi) is 4.88. The van der Waals surface area contributed by atoms with E-state index in [9.17, 15) is 0 Å². The van der Waals surface area contributed by atoms with E-state index in [1.54, 1.807) is 7.11 Å². The molecule has 2 fully saturated rings. The van der Waals surface area contributed by atoms with Crippen molar-refractivity contribution in [2.24, 2.45) is 0 Å². The summed E-state index contributed by atoms with van der Waals surface area (Å²) in [6.07, 6.45) is 7.11. The fraction of sp³-hybridized carbons (Fsp3) is 0.579. The molecule has 0 spiro atoms. The van der Waals surface area contributed by atoms with Gasteiger partial charge in [0.15, 0.2) is 11.5 Å². The molecule has 1 saturated carbocycles. The van der Waals surface area contributed by atoms with Crippen molar-refractivity contribution in [3.8, 4) is 22.9 Å². The molecule has 134 valence electrons. The van der Waals surface area contributed by atoms with Crippen molar-refractivity contribution >= 4 is 0 Å². The minimum absolute atomic E-state index is 0.302. The zero-order valence-electron chi connectivity index (χ0n) is 14.7. The van der Waals surface area contributed by atoms with Crippen LogP contribution in [0, 0.1) is 0 Å². The van der Waals surface area contributed by atoms with E-state index in [1.165, 1.54) is 12.8 Å². The predicted octanol–water partition coefficient (Wildman–Crippen LogP) is 3.53. The molecule has 6 nitrogen and oxygen atoms in total. The Balaban J connectivity index is 1.52. The molecule has 2 aromatic rings. The molecule has 0 bridgehead atoms. The van der Waals surface area contributed by atoms with Gasteiger partial charge in [-0.2, -0.15) is 4.98 Å². The summed E-state index contributed by atoms with van der Waals surface area (Å²) in [5, 5.41) is 7.52. The first-order valence-electron chi connectivity index (χ1n) is 9.23. The predicted molar refractivity (Wildman–Crippen MR) is 94.0 cm³/mol. The van der Waals surface area contributed by atoms with Gasteiger partial charge in [0.05, 0.1) is 13.2 Å². The average molecular weight is 343 g/mol. The average Bonchev–Trinajstić information content (AvgIpc) is 3.35. The molecule has 1 aliphatic heterocycles. The van der Waals surface area contributed by atoms with Crippen LogP contribution in [-0.2, 0) is 0 Å². The zero-order chi connectivity index (χ0) is 17.1. The Morgan fingerprint density at radius 1 is 1.08 bits per heavy atom. The number of piperidine rings is 1. The third-order valence-electron chi connectivity index (χ3n) is 5.15. The summed E-state index contributed by atoms with van der Waals surface area (Å²) >= 11 is 0. The minimum Gasteiger partial charge on any atom is -0.493 e. The van der Waals surface area contributed by atoms with E-state index < -0.39 is 0 Å². The molecule has 2 aliphatic rings. The number of methoxy groups -OCH3 is 1. The normalized spacial score (nSPS) is 19.2. The van der Waals surface area contributed by atoms with E-state index in [4.69, 9.17) is 14.0 Å². The van der Waals surface area contributed by atoms with Crippen LogP contribution in [0.5, 0.6) is 11.5 Å². The molecule has 0 radical (unpaired) electrons. The number of ether oxygens (including phenoxy) is 2. The van der Waals surface area contributed by atoms with Crippen LogP contribution < -0.4 is 14.8 Å². The van der Waals surface area contributed by atoms with Gasteiger partial charge in [0, 0.05) is 11.5 Å². The molecular weight excluding hydrogens is 318 g/mol. The van der Waals surface area contributed by atoms with Gasteiger partial charge in [-0.05, 0) is 69.8 Å². The molecule has 6 heteroatoms. The number of aromatic nitrogens is 2. The number of benzene rings is 1. The second-order valence-electron chi connectivity index (χ2n) is 6.87. The molecule has 0 unspecified atom stereocenters. The Morgan fingerprint density at radius 3 is 2.64 bits per heavy atom. The number of rotatable bonds is 5. The standard InChI is InChI=1S/C19H25N3O3/c1-23-17-12-14(6-7-16(17)24-15-4-2-3-5-15)18-21-19(25-22-18)13-8-10-20-11-9-13/h6-7,12-13,15,20H,2-5,8-11H2,1H3. The first-order chi connectivity index (χ1) is 12.3. The molecule has 1 aromatic carbocycles. The first kappa shape index (κ1) is 16.4. The Morgan fingerprint density at radius 2 is 1.88 bits per heavy atom. The van der Waals surface area contributed by atoms with E-state index in [0.29, 0.717) is 17.8 Å². The first-order valence-corrected chi connectivity index (χ1v) is 9.23. The van der Waals surface area contributed by atoms with E-state index in [0.717, 1.165) is 61.7 Å². The lowest BCUT2D eigenvalue weighted by atomic mass is 9.98. The molecule has 1 aliphatic carbocycles. The summed E-state index contributed by atoms with van der Waals surface area (Å²) in [5.41, 5.74) is 0.888. The summed E-state index contributed by atoms with van der Waals surface area (Å²) in [6.45, 7) is 2.01. The number of hydrogen-bond acceptors (Lipinski definition) is 6. The lowest BCUT2D eigenvalue weighted by molar-refractivity contribution is 0.201. The Labute approximate surface area is 147 Å². The van der Waals surface area contributed by atoms with Crippen molar-refractivity contribution in [3.63, 3.8) is 0 Å². The third-order valence-corrected chi connectivity index (χ3v) is 5.15. The van der Waals surface area contributed by atoms with Crippen LogP contribution in [0.4, 0.5) is 0 Å². The zero-order valence-corrected chi connectivity index (χ0v) is 14.7. The quantitative estimate of drug-likeness (QED) is 0.895. The third kappa shape index (κ3) is 3.63. The lowest BCUT2D eigenvalue weighted by Gasteiger charge is -2.18. The summed E-state index contributed by atoms with van der Waals surface area (Å²) in [7, 11) is 1.66. The topological polar surface area (TPSA) is 69.4 Å². The molecule has 0 atom stereocenters. The van der Waals surface area contributed by atoms with Gasteiger partial charge in [0.25, 0.3) is 0 Å². The van der Waals surface area contributed by atoms with Crippen LogP contribution in [0.3, 0.4) is 0 Å². The smallest absolute Gasteiger partial charge is 0.230 e. The lowest BCUT2D eigenvalue weighted by Crippen LogP contribution is -2.26. The highest BCUT2D eigenvalue weighted by molar-refractivity contribution is 5.60. The summed E-state index contributed by atoms with van der Waals surface area (Å²) in [5.74, 6) is 3.22. The van der Waals surface area contributed by atoms with Gasteiger partial charge in [-0.25, -0.2) is 0 Å². The minimum atomic E-state index is 0.302. The van der Waals surface area contributed by atoms with Crippen LogP contribution in [0.1, 0.15) is 50.3 Å². The van der Waals surface area contributed by atoms with Gasteiger partial charge in [-0.15, -0.1) is 0 Å². The van der Waals surface area contributed by atoms with Gasteiger partial charge < -0.3 is 19.3 Å². The molecule has 2 heterocycles. The summed E-state index contributed by atoms with van der Waals surface area (Å²) in [6, 6.07) is 5.86. The number of hydrogen-bond donors (Lipinski definition) is 1. The molecule has 25 heavy (non-hydrogen) atoms. The maximum atomic E-state index is 6.09. The van der Waals surface area contributed by atoms with Gasteiger partial charge in [-0.3, -0.25) is 0 Å². The van der Waals surface area contributed by atoms with Crippen LogP contribution in [0.25, 0.3) is 11.4 Å². The van der Waals surface area contributed by atoms with Crippen LogP contribution in [0.2, 0.25) is 0 Å². The second kappa shape index (κ2) is 7.44. The maximum absolute atomic E-state index is 6.09. The summed E-state index contributed by atoms with van der Waals surface area (Å²) in [4.78, 5) is 4.61. The largest absolute Gasteiger partial charge is 0.493 e. The van der Waals surface area contributed by atoms with Crippen molar-refractivity contribution < 1.29 is 14.0 Å². The maximum Gasteiger partial charge on any atom is 0.230 e. The van der Waals surface area contributed by atoms with Gasteiger partial charge in [-0.1, -0.05) is 5.16 Å². The fourth-order valence-electron chi connectivity index (χ4n) is 3.68. The highest BCUT2D eigenvalue weighted by atomic mass is 16.5. The van der Waals surface area contributed by atoms with Crippen molar-refractivity contribution in [2.45, 2.75) is 50.5 Å². The second-order valence-corrected chi connectivity index (χ2v) is 6.87. The molecule has 1 aromatic heterocycles. The van der Waals surface area contributed by atoms with Gasteiger partial charge >= 0.3 is 0 Å². The molecule has 1 N–H and O–H groups in total. The number of nitrogens with zero attached hydrogens (tertiary/aromatic N) is 2. The van der Waals surface area contributed by atoms with Crippen molar-refractivity contribution in [2.75, 3.05) is 20.2 Å². The van der Waals surface area contributed by atoms with E-state index >= 15 is 0 Å². The van der Waals surface area contributed by atoms with Crippen molar-refractivity contribution in [1.29, 1.82) is 0 Å². The molecular formula is C19H25N3O3. The summed E-state index contributed by atoms with van der Waals surface area (Å²) < 4.78 is 17.1. The fourth-order valence-corrected chi connectivity index (χ4v) is 3.68. The number of nitrogens with one attached hydrogen (secondary N) is 1. The van der Waals surface area contributed by atoms with Gasteiger partial charge in [0.2, 0.25) is 11.7 Å². The highest BCUT2D eigenvalue weighted by Crippen LogP contribution is 2.35. The van der Waals surface area contributed by atoms with E-state index in [1.807, 2.05) is 18.2 Å². The monoisotopic (exact) mass is 343 g/mol. The molecule has 0 amide bonds. The van der Waals surface area contributed by atoms with E-state index in [2.05, 4.69) is 15.5 Å². The SMILES string of the molecule is COc1cc(-c2noc(C3CCNCC3)n2)ccc1OC1CCCC1. The Hall–Kier alpha value is -2.08. The van der Waals surface area contributed by atoms with Crippen LogP contribution in [-0.4, -0.2) is 36.4 Å². The van der Waals surface area contributed by atoms with Gasteiger partial charge in [0.1, 0.15) is 0 Å². The highest BCUT2D eigenvalue weighted by Gasteiger charge is 2.23. The van der Waals surface area contributed by atoms with E-state index in [-0.39, 0.29) is 0 Å². The van der Waals surface area contributed by atoms with Crippen molar-refractivity contribution in [3.05, 3.63) is 24.1 Å². The molecule has 4 rings (SSSR count).